The van der Waals surface area contributed by atoms with E-state index in [0.717, 1.165) is 37.1 Å². The van der Waals surface area contributed by atoms with Gasteiger partial charge >= 0.3 is 0 Å². The molecule has 3 fully saturated rings. The minimum absolute atomic E-state index is 0.000413. The summed E-state index contributed by atoms with van der Waals surface area (Å²) < 4.78 is 10.5. The molecule has 4 rings (SSSR count). The van der Waals surface area contributed by atoms with Crippen molar-refractivity contribution in [2.24, 2.45) is 5.92 Å². The zero-order valence-electron chi connectivity index (χ0n) is 13.7. The molecule has 0 amide bonds. The molecular formula is C19H25NO3. The third kappa shape index (κ3) is 4.13. The maximum atomic E-state index is 10.4. The number of aliphatic hydroxyl groups is 1. The summed E-state index contributed by atoms with van der Waals surface area (Å²) in [7, 11) is 1.67. The Hall–Kier alpha value is -1.38. The van der Waals surface area contributed by atoms with Crippen molar-refractivity contribution in [2.75, 3.05) is 33.4 Å². The highest BCUT2D eigenvalue weighted by atomic mass is 16.5. The lowest BCUT2D eigenvalue weighted by Gasteiger charge is -2.46. The summed E-state index contributed by atoms with van der Waals surface area (Å²) in [5, 5.41) is 10.4. The van der Waals surface area contributed by atoms with Crippen LogP contribution in [-0.2, 0) is 16.1 Å². The Kier molecular flexibility index (Phi) is 5.69. The summed E-state index contributed by atoms with van der Waals surface area (Å²) in [6.07, 6.45) is 1.92. The molecule has 0 radical (unpaired) electrons. The highest BCUT2D eigenvalue weighted by molar-refractivity contribution is 5.37. The standard InChI is InChI=1S/C19H25NO3/c1-22-12-13-23-14-16-4-2-15(3-5-16)6-7-18-19(21)17-8-10-20(18)11-9-17/h2-5,17-19,21H,8-14H2,1H3. The van der Waals surface area contributed by atoms with Crippen molar-refractivity contribution in [1.29, 1.82) is 0 Å². The van der Waals surface area contributed by atoms with Crippen molar-refractivity contribution >= 4 is 0 Å². The zero-order chi connectivity index (χ0) is 16.1. The molecule has 0 spiro atoms. The summed E-state index contributed by atoms with van der Waals surface area (Å²) in [6, 6.07) is 8.12. The van der Waals surface area contributed by atoms with Gasteiger partial charge in [-0.3, -0.25) is 4.90 Å². The van der Waals surface area contributed by atoms with Crippen molar-refractivity contribution in [3.05, 3.63) is 35.4 Å². The Labute approximate surface area is 138 Å². The molecule has 0 saturated carbocycles. The van der Waals surface area contributed by atoms with Gasteiger partial charge in [0.25, 0.3) is 0 Å². The van der Waals surface area contributed by atoms with Gasteiger partial charge in [0, 0.05) is 12.7 Å². The summed E-state index contributed by atoms with van der Waals surface area (Å²) in [4.78, 5) is 2.32. The molecule has 124 valence electrons. The molecule has 3 saturated heterocycles. The van der Waals surface area contributed by atoms with Crippen LogP contribution in [0.15, 0.2) is 24.3 Å². The number of hydrogen-bond donors (Lipinski definition) is 1. The fourth-order valence-corrected chi connectivity index (χ4v) is 3.36. The van der Waals surface area contributed by atoms with Gasteiger partial charge in [-0.1, -0.05) is 24.0 Å². The van der Waals surface area contributed by atoms with Gasteiger partial charge < -0.3 is 14.6 Å². The van der Waals surface area contributed by atoms with Gasteiger partial charge in [0.2, 0.25) is 0 Å². The maximum absolute atomic E-state index is 10.4. The highest BCUT2D eigenvalue weighted by Gasteiger charge is 2.40. The van der Waals surface area contributed by atoms with Gasteiger partial charge in [-0.2, -0.15) is 0 Å². The number of aliphatic hydroxyl groups excluding tert-OH is 1. The molecule has 2 atom stereocenters. The minimum atomic E-state index is -0.293. The SMILES string of the molecule is COCCOCc1ccc(C#CC2C(O)C3CCN2CC3)cc1. The summed E-state index contributed by atoms with van der Waals surface area (Å²) in [5.74, 6) is 6.93. The second kappa shape index (κ2) is 7.94. The number of piperidine rings is 3. The number of fused-ring (bicyclic) bond motifs is 3. The van der Waals surface area contributed by atoms with Crippen LogP contribution in [0.2, 0.25) is 0 Å². The van der Waals surface area contributed by atoms with E-state index in [1.165, 1.54) is 0 Å². The largest absolute Gasteiger partial charge is 0.390 e. The van der Waals surface area contributed by atoms with Crippen molar-refractivity contribution in [3.63, 3.8) is 0 Å². The molecule has 2 unspecified atom stereocenters. The lowest BCUT2D eigenvalue weighted by Crippen LogP contribution is -2.57. The number of rotatable bonds is 5. The van der Waals surface area contributed by atoms with Crippen LogP contribution >= 0.6 is 0 Å². The van der Waals surface area contributed by atoms with Crippen LogP contribution in [0.25, 0.3) is 0 Å². The van der Waals surface area contributed by atoms with Crippen LogP contribution in [0, 0.1) is 17.8 Å². The monoisotopic (exact) mass is 315 g/mol. The second-order valence-corrected chi connectivity index (χ2v) is 6.32. The zero-order valence-corrected chi connectivity index (χ0v) is 13.7. The predicted octanol–water partition coefficient (Wildman–Crippen LogP) is 1.66. The van der Waals surface area contributed by atoms with Crippen molar-refractivity contribution in [2.45, 2.75) is 31.6 Å². The summed E-state index contributed by atoms with van der Waals surface area (Å²) in [5.41, 5.74) is 2.12. The first-order chi connectivity index (χ1) is 11.3. The van der Waals surface area contributed by atoms with Crippen LogP contribution in [-0.4, -0.2) is 55.6 Å². The summed E-state index contributed by atoms with van der Waals surface area (Å²) >= 11 is 0. The second-order valence-electron chi connectivity index (χ2n) is 6.32. The Morgan fingerprint density at radius 2 is 1.91 bits per heavy atom. The van der Waals surface area contributed by atoms with E-state index in [4.69, 9.17) is 9.47 Å². The van der Waals surface area contributed by atoms with E-state index in [0.29, 0.717) is 25.7 Å². The summed E-state index contributed by atoms with van der Waals surface area (Å²) in [6.45, 7) is 3.95. The van der Waals surface area contributed by atoms with Gasteiger partial charge in [0.1, 0.15) is 0 Å². The Bertz CT molecular complexity index is 550. The van der Waals surface area contributed by atoms with Crippen LogP contribution in [0.5, 0.6) is 0 Å². The molecule has 3 heterocycles. The van der Waals surface area contributed by atoms with Crippen molar-refractivity contribution < 1.29 is 14.6 Å². The quantitative estimate of drug-likeness (QED) is 0.663. The molecule has 4 heteroatoms. The molecule has 2 bridgehead atoms. The first-order valence-electron chi connectivity index (χ1n) is 8.37. The van der Waals surface area contributed by atoms with E-state index in [-0.39, 0.29) is 12.1 Å². The molecule has 4 nitrogen and oxygen atoms in total. The maximum Gasteiger partial charge on any atom is 0.0983 e. The van der Waals surface area contributed by atoms with Crippen LogP contribution in [0.4, 0.5) is 0 Å². The normalized spacial score (nSPS) is 29.1. The van der Waals surface area contributed by atoms with E-state index < -0.39 is 0 Å². The molecule has 3 aliphatic heterocycles. The highest BCUT2D eigenvalue weighted by Crippen LogP contribution is 2.31. The fourth-order valence-electron chi connectivity index (χ4n) is 3.36. The van der Waals surface area contributed by atoms with E-state index in [1.807, 2.05) is 24.3 Å². The Morgan fingerprint density at radius 3 is 2.57 bits per heavy atom. The molecule has 1 aromatic carbocycles. The van der Waals surface area contributed by atoms with Gasteiger partial charge in [-0.05, 0) is 49.5 Å². The molecule has 1 aromatic rings. The Balaban J connectivity index is 1.56. The average molecular weight is 315 g/mol. The van der Waals surface area contributed by atoms with Crippen molar-refractivity contribution in [1.82, 2.24) is 4.90 Å². The number of hydrogen-bond acceptors (Lipinski definition) is 4. The van der Waals surface area contributed by atoms with Gasteiger partial charge in [-0.25, -0.2) is 0 Å². The lowest BCUT2D eigenvalue weighted by molar-refractivity contribution is -0.0500. The molecule has 3 aliphatic rings. The molecule has 1 N–H and O–H groups in total. The van der Waals surface area contributed by atoms with Crippen LogP contribution < -0.4 is 0 Å². The lowest BCUT2D eigenvalue weighted by atomic mass is 9.81. The molecule has 0 aliphatic carbocycles. The van der Waals surface area contributed by atoms with E-state index in [9.17, 15) is 5.11 Å². The van der Waals surface area contributed by atoms with Crippen molar-refractivity contribution in [3.8, 4) is 11.8 Å². The molecule has 23 heavy (non-hydrogen) atoms. The van der Waals surface area contributed by atoms with Gasteiger partial charge in [0.05, 0.1) is 32.0 Å². The van der Waals surface area contributed by atoms with Crippen LogP contribution in [0.1, 0.15) is 24.0 Å². The Morgan fingerprint density at radius 1 is 1.17 bits per heavy atom. The van der Waals surface area contributed by atoms with Gasteiger partial charge in [-0.15, -0.1) is 0 Å². The third-order valence-corrected chi connectivity index (χ3v) is 4.79. The molecular weight excluding hydrogens is 290 g/mol. The predicted molar refractivity (Wildman–Crippen MR) is 88.9 cm³/mol. The number of methoxy groups -OCH3 is 1. The number of benzene rings is 1. The third-order valence-electron chi connectivity index (χ3n) is 4.79. The smallest absolute Gasteiger partial charge is 0.0983 e. The van der Waals surface area contributed by atoms with Gasteiger partial charge in [0.15, 0.2) is 0 Å². The van der Waals surface area contributed by atoms with E-state index in [1.54, 1.807) is 7.11 Å². The first-order valence-corrected chi connectivity index (χ1v) is 8.37. The minimum Gasteiger partial charge on any atom is -0.390 e. The van der Waals surface area contributed by atoms with Crippen LogP contribution in [0.3, 0.4) is 0 Å². The average Bonchev–Trinajstić information content (AvgIpc) is 2.60. The fraction of sp³-hybridized carbons (Fsp3) is 0.579. The number of nitrogens with zero attached hydrogens (tertiary/aromatic N) is 1. The first kappa shape index (κ1) is 16.5. The van der Waals surface area contributed by atoms with E-state index >= 15 is 0 Å². The topological polar surface area (TPSA) is 41.9 Å². The number of ether oxygens (including phenoxy) is 2. The molecule has 0 aromatic heterocycles. The van der Waals surface area contributed by atoms with E-state index in [2.05, 4.69) is 16.7 Å².